The Labute approximate surface area is 156 Å². The first-order valence-electron chi connectivity index (χ1n) is 7.96. The lowest BCUT2D eigenvalue weighted by atomic mass is 10.1. The molecule has 27 heavy (non-hydrogen) atoms. The van der Waals surface area contributed by atoms with E-state index in [-0.39, 0.29) is 21.7 Å². The molecule has 3 aromatic rings. The number of ketones is 1. The first-order chi connectivity index (χ1) is 12.9. The summed E-state index contributed by atoms with van der Waals surface area (Å²) in [7, 11) is -0.724. The zero-order valence-electron chi connectivity index (χ0n) is 14.7. The van der Waals surface area contributed by atoms with Gasteiger partial charge in [0.15, 0.2) is 0 Å². The van der Waals surface area contributed by atoms with Crippen LogP contribution in [0.2, 0.25) is 0 Å². The number of fused-ring (bicyclic) bond motifs is 1. The Morgan fingerprint density at radius 2 is 1.89 bits per heavy atom. The van der Waals surface area contributed by atoms with Crippen LogP contribution < -0.4 is 0 Å². The van der Waals surface area contributed by atoms with Crippen LogP contribution >= 0.6 is 0 Å². The largest absolute Gasteiger partial charge is 0.382 e. The van der Waals surface area contributed by atoms with E-state index in [0.29, 0.717) is 5.52 Å². The van der Waals surface area contributed by atoms with Crippen molar-refractivity contribution in [2.75, 3.05) is 14.1 Å². The lowest BCUT2D eigenvalue weighted by molar-refractivity contribution is 0.103. The number of carbonyl (C=O) groups is 1. The molecule has 0 N–H and O–H groups in total. The van der Waals surface area contributed by atoms with Gasteiger partial charge in [0.1, 0.15) is 17.3 Å². The van der Waals surface area contributed by atoms with Gasteiger partial charge in [0.05, 0.1) is 15.9 Å². The maximum absolute atomic E-state index is 13.2. The van der Waals surface area contributed by atoms with E-state index in [1.165, 1.54) is 30.6 Å². The molecule has 0 unspecified atom stereocenters. The van der Waals surface area contributed by atoms with Crippen molar-refractivity contribution in [2.45, 2.75) is 4.90 Å². The van der Waals surface area contributed by atoms with Crippen LogP contribution in [0.3, 0.4) is 0 Å². The van der Waals surface area contributed by atoms with Gasteiger partial charge in [-0.05, 0) is 30.3 Å². The van der Waals surface area contributed by atoms with Crippen LogP contribution in [0, 0.1) is 11.3 Å². The monoisotopic (exact) mass is 380 g/mol. The molecule has 136 valence electrons. The molecule has 0 aliphatic heterocycles. The van der Waals surface area contributed by atoms with Gasteiger partial charge in [0.2, 0.25) is 5.78 Å². The number of rotatable bonds is 5. The number of carbonyl (C=O) groups excluding carboxylic acids is 1. The Morgan fingerprint density at radius 1 is 1.19 bits per heavy atom. The predicted molar refractivity (Wildman–Crippen MR) is 100 cm³/mol. The highest BCUT2D eigenvalue weighted by molar-refractivity contribution is 7.90. The van der Waals surface area contributed by atoms with E-state index in [9.17, 15) is 18.5 Å². The Balaban J connectivity index is 2.32. The number of nitriles is 1. The second-order valence-electron chi connectivity index (χ2n) is 5.97. The Kier molecular flexibility index (Phi) is 4.79. The van der Waals surface area contributed by atoms with Crippen LogP contribution in [0.25, 0.3) is 11.0 Å². The highest BCUT2D eigenvalue weighted by Crippen LogP contribution is 2.26. The maximum Gasteiger partial charge on any atom is 0.268 e. The van der Waals surface area contributed by atoms with Crippen molar-refractivity contribution in [3.05, 3.63) is 72.2 Å². The zero-order valence-corrected chi connectivity index (χ0v) is 15.5. The smallest absolute Gasteiger partial charge is 0.268 e. The summed E-state index contributed by atoms with van der Waals surface area (Å²) in [4.78, 5) is 18.7. The van der Waals surface area contributed by atoms with Gasteiger partial charge in [-0.25, -0.2) is 12.4 Å². The third-order valence-corrected chi connectivity index (χ3v) is 5.54. The minimum atomic E-state index is -4.06. The van der Waals surface area contributed by atoms with E-state index in [0.717, 1.165) is 3.97 Å². The average molecular weight is 380 g/mol. The van der Waals surface area contributed by atoms with Crippen LogP contribution in [-0.2, 0) is 10.0 Å². The van der Waals surface area contributed by atoms with Crippen LogP contribution in [0.15, 0.2) is 71.4 Å². The molecule has 1 aromatic carbocycles. The van der Waals surface area contributed by atoms with Gasteiger partial charge in [-0.3, -0.25) is 9.78 Å². The quantitative estimate of drug-likeness (QED) is 0.383. The summed E-state index contributed by atoms with van der Waals surface area (Å²) in [6.45, 7) is 0. The van der Waals surface area contributed by atoms with Crippen molar-refractivity contribution in [3.8, 4) is 6.07 Å². The molecule has 0 fully saturated rings. The predicted octanol–water partition coefficient (Wildman–Crippen LogP) is 2.43. The highest BCUT2D eigenvalue weighted by Gasteiger charge is 2.28. The molecule has 0 bridgehead atoms. The fourth-order valence-electron chi connectivity index (χ4n) is 2.66. The number of hydrogen-bond acceptors (Lipinski definition) is 6. The number of pyridine rings is 1. The number of allylic oxidation sites excluding steroid dienone is 1. The van der Waals surface area contributed by atoms with Gasteiger partial charge in [-0.1, -0.05) is 18.2 Å². The molecule has 0 aliphatic carbocycles. The van der Waals surface area contributed by atoms with Crippen LogP contribution in [-0.4, -0.2) is 42.2 Å². The summed E-state index contributed by atoms with van der Waals surface area (Å²) in [5, 5.41) is 9.35. The molecule has 0 atom stereocenters. The molecule has 2 aromatic heterocycles. The molecule has 0 amide bonds. The lowest BCUT2D eigenvalue weighted by Crippen LogP contribution is -2.20. The topological polar surface area (TPSA) is 96.1 Å². The zero-order chi connectivity index (χ0) is 19.6. The minimum Gasteiger partial charge on any atom is -0.382 e. The molecule has 8 heteroatoms. The summed E-state index contributed by atoms with van der Waals surface area (Å²) < 4.78 is 27.4. The van der Waals surface area contributed by atoms with Gasteiger partial charge in [0.25, 0.3) is 10.0 Å². The second-order valence-corrected chi connectivity index (χ2v) is 7.75. The fraction of sp³-hybridized carbons (Fsp3) is 0.105. The fourth-order valence-corrected chi connectivity index (χ4v) is 4.18. The molecule has 2 heterocycles. The lowest BCUT2D eigenvalue weighted by Gasteiger charge is -2.12. The van der Waals surface area contributed by atoms with Gasteiger partial charge in [-0.15, -0.1) is 0 Å². The van der Waals surface area contributed by atoms with Crippen molar-refractivity contribution in [1.29, 1.82) is 5.26 Å². The van der Waals surface area contributed by atoms with Crippen molar-refractivity contribution >= 4 is 26.8 Å². The van der Waals surface area contributed by atoms with Crippen LogP contribution in [0.4, 0.5) is 0 Å². The summed E-state index contributed by atoms with van der Waals surface area (Å²) in [6.07, 6.45) is 2.86. The number of benzene rings is 1. The Hall–Kier alpha value is -3.44. The highest BCUT2D eigenvalue weighted by atomic mass is 32.2. The summed E-state index contributed by atoms with van der Waals surface area (Å²) in [5.74, 6) is -0.691. The number of nitrogens with zero attached hydrogens (tertiary/aromatic N) is 4. The van der Waals surface area contributed by atoms with E-state index < -0.39 is 15.8 Å². The third-order valence-electron chi connectivity index (χ3n) is 3.79. The molecule has 3 rings (SSSR count). The molecular weight excluding hydrogens is 364 g/mol. The van der Waals surface area contributed by atoms with Crippen LogP contribution in [0.5, 0.6) is 0 Å². The Morgan fingerprint density at radius 3 is 2.52 bits per heavy atom. The van der Waals surface area contributed by atoms with E-state index >= 15 is 0 Å². The van der Waals surface area contributed by atoms with Crippen molar-refractivity contribution < 1.29 is 13.2 Å². The molecule has 0 saturated heterocycles. The van der Waals surface area contributed by atoms with E-state index in [4.69, 9.17) is 0 Å². The van der Waals surface area contributed by atoms with E-state index in [2.05, 4.69) is 4.98 Å². The van der Waals surface area contributed by atoms with Crippen molar-refractivity contribution in [1.82, 2.24) is 13.9 Å². The third kappa shape index (κ3) is 3.32. The first-order valence-corrected chi connectivity index (χ1v) is 9.40. The maximum atomic E-state index is 13.2. The number of hydrogen-bond donors (Lipinski definition) is 0. The van der Waals surface area contributed by atoms with Crippen LogP contribution in [0.1, 0.15) is 10.5 Å². The molecule has 0 spiro atoms. The Bertz CT molecular complexity index is 1190. The van der Waals surface area contributed by atoms with Crippen molar-refractivity contribution in [2.24, 2.45) is 0 Å². The SMILES string of the molecule is CN(C)/C=C(\C#N)C(=O)c1cc2ncccc2n1S(=O)(=O)c1ccccc1. The minimum absolute atomic E-state index is 0.0375. The van der Waals surface area contributed by atoms with Crippen molar-refractivity contribution in [3.63, 3.8) is 0 Å². The van der Waals surface area contributed by atoms with Gasteiger partial charge < -0.3 is 4.90 Å². The standard InChI is InChI=1S/C19H16N4O3S/c1-22(2)13-14(12-20)19(24)18-11-16-17(9-6-10-21-16)23(18)27(25,26)15-7-4-3-5-8-15/h3-11,13H,1-2H3/b14-13+. The summed E-state index contributed by atoms with van der Waals surface area (Å²) in [6, 6.07) is 14.2. The summed E-state index contributed by atoms with van der Waals surface area (Å²) in [5.41, 5.74) is 0.309. The van der Waals surface area contributed by atoms with E-state index in [1.54, 1.807) is 49.3 Å². The van der Waals surface area contributed by atoms with E-state index in [1.807, 2.05) is 6.07 Å². The number of Topliss-reactive ketones (excluding diaryl/α,β-unsaturated/α-hetero) is 1. The summed E-state index contributed by atoms with van der Waals surface area (Å²) >= 11 is 0. The normalized spacial score (nSPS) is 12.0. The molecule has 0 saturated carbocycles. The van der Waals surface area contributed by atoms with Gasteiger partial charge in [0, 0.05) is 26.5 Å². The molecule has 0 radical (unpaired) electrons. The molecule has 7 nitrogen and oxygen atoms in total. The molecular formula is C19H16N4O3S. The molecule has 0 aliphatic rings. The average Bonchev–Trinajstić information content (AvgIpc) is 3.06. The van der Waals surface area contributed by atoms with Gasteiger partial charge >= 0.3 is 0 Å². The van der Waals surface area contributed by atoms with Gasteiger partial charge in [-0.2, -0.15) is 5.26 Å². The second kappa shape index (κ2) is 7.05. The number of aromatic nitrogens is 2. The first kappa shape index (κ1) is 18.4.